The summed E-state index contributed by atoms with van der Waals surface area (Å²) in [6, 6.07) is 6.53. The normalized spacial score (nSPS) is 17.6. The van der Waals surface area contributed by atoms with Gasteiger partial charge in [-0.25, -0.2) is 0 Å². The Morgan fingerprint density at radius 2 is 1.94 bits per heavy atom. The first kappa shape index (κ1) is 13.8. The summed E-state index contributed by atoms with van der Waals surface area (Å²) in [7, 11) is 0. The quantitative estimate of drug-likeness (QED) is 0.794. The minimum atomic E-state index is 0.126. The highest BCUT2D eigenvalue weighted by molar-refractivity contribution is 7.80. The maximum Gasteiger partial charge on any atom is 0.123 e. The van der Waals surface area contributed by atoms with E-state index in [9.17, 15) is 0 Å². The second-order valence-corrected chi connectivity index (χ2v) is 7.01. The van der Waals surface area contributed by atoms with Crippen molar-refractivity contribution >= 4 is 12.6 Å². The van der Waals surface area contributed by atoms with Gasteiger partial charge in [-0.3, -0.25) is 0 Å². The minimum absolute atomic E-state index is 0.126. The lowest BCUT2D eigenvalue weighted by Gasteiger charge is -2.24. The minimum Gasteiger partial charge on any atom is -0.493 e. The monoisotopic (exact) mass is 264 g/mol. The van der Waals surface area contributed by atoms with Gasteiger partial charge in [0.1, 0.15) is 5.75 Å². The summed E-state index contributed by atoms with van der Waals surface area (Å²) in [6.07, 6.45) is 2.51. The molecule has 0 aromatic heterocycles. The third-order valence-corrected chi connectivity index (χ3v) is 4.44. The van der Waals surface area contributed by atoms with Crippen LogP contribution in [0.1, 0.15) is 44.7 Å². The standard InChI is InChI=1S/C16H24OS/c1-12-5-6-13(15(2,3)4)14(9-12)17-10-16(11-18)7-8-16/h5-6,9,18H,7-8,10-11H2,1-4H3. The SMILES string of the molecule is Cc1ccc(C(C)(C)C)c(OCC2(CS)CC2)c1. The summed E-state index contributed by atoms with van der Waals surface area (Å²) in [5.41, 5.74) is 3.03. The first-order chi connectivity index (χ1) is 8.36. The van der Waals surface area contributed by atoms with Gasteiger partial charge in [-0.2, -0.15) is 12.6 Å². The maximum atomic E-state index is 6.11. The Balaban J connectivity index is 2.18. The molecule has 100 valence electrons. The van der Waals surface area contributed by atoms with Crippen molar-refractivity contribution in [1.82, 2.24) is 0 Å². The number of thiol groups is 1. The van der Waals surface area contributed by atoms with Crippen LogP contribution in [-0.4, -0.2) is 12.4 Å². The largest absolute Gasteiger partial charge is 0.493 e. The van der Waals surface area contributed by atoms with Gasteiger partial charge in [-0.05, 0) is 48.1 Å². The van der Waals surface area contributed by atoms with Crippen LogP contribution in [0.25, 0.3) is 0 Å². The molecule has 0 bridgehead atoms. The van der Waals surface area contributed by atoms with Crippen LogP contribution >= 0.6 is 12.6 Å². The molecule has 18 heavy (non-hydrogen) atoms. The van der Waals surface area contributed by atoms with E-state index in [2.05, 4.69) is 58.5 Å². The van der Waals surface area contributed by atoms with Crippen molar-refractivity contribution < 1.29 is 4.74 Å². The Bertz CT molecular complexity index is 427. The molecule has 0 spiro atoms. The Morgan fingerprint density at radius 1 is 1.28 bits per heavy atom. The molecule has 1 aromatic carbocycles. The molecule has 2 heteroatoms. The molecule has 0 N–H and O–H groups in total. The lowest BCUT2D eigenvalue weighted by Crippen LogP contribution is -2.18. The van der Waals surface area contributed by atoms with Gasteiger partial charge in [0.05, 0.1) is 6.61 Å². The second-order valence-electron chi connectivity index (χ2n) is 6.70. The average Bonchev–Trinajstić information content (AvgIpc) is 3.05. The van der Waals surface area contributed by atoms with Crippen LogP contribution in [-0.2, 0) is 5.41 Å². The Morgan fingerprint density at radius 3 is 2.44 bits per heavy atom. The first-order valence-electron chi connectivity index (χ1n) is 6.71. The predicted octanol–water partition coefficient (Wildman–Crippen LogP) is 4.38. The van der Waals surface area contributed by atoms with Crippen LogP contribution in [0.15, 0.2) is 18.2 Å². The van der Waals surface area contributed by atoms with Crippen molar-refractivity contribution in [2.75, 3.05) is 12.4 Å². The number of hydrogen-bond acceptors (Lipinski definition) is 2. The maximum absolute atomic E-state index is 6.11. The van der Waals surface area contributed by atoms with Crippen LogP contribution in [0.4, 0.5) is 0 Å². The van der Waals surface area contributed by atoms with Crippen molar-refractivity contribution in [1.29, 1.82) is 0 Å². The second kappa shape index (κ2) is 4.80. The molecule has 0 unspecified atom stereocenters. The smallest absolute Gasteiger partial charge is 0.123 e. The van der Waals surface area contributed by atoms with E-state index in [0.29, 0.717) is 5.41 Å². The molecule has 1 aliphatic rings. The fraction of sp³-hybridized carbons (Fsp3) is 0.625. The number of hydrogen-bond donors (Lipinski definition) is 1. The van der Waals surface area contributed by atoms with Crippen molar-refractivity contribution in [3.05, 3.63) is 29.3 Å². The molecule has 0 radical (unpaired) electrons. The van der Waals surface area contributed by atoms with E-state index < -0.39 is 0 Å². The van der Waals surface area contributed by atoms with Crippen molar-refractivity contribution in [2.45, 2.75) is 46.0 Å². The molecule has 0 heterocycles. The Kier molecular flexibility index (Phi) is 3.68. The van der Waals surface area contributed by atoms with Crippen molar-refractivity contribution in [2.24, 2.45) is 5.41 Å². The van der Waals surface area contributed by atoms with E-state index in [0.717, 1.165) is 18.1 Å². The summed E-state index contributed by atoms with van der Waals surface area (Å²) in [4.78, 5) is 0. The molecule has 1 aromatic rings. The van der Waals surface area contributed by atoms with E-state index in [1.165, 1.54) is 24.0 Å². The van der Waals surface area contributed by atoms with Gasteiger partial charge in [-0.15, -0.1) is 0 Å². The average molecular weight is 264 g/mol. The van der Waals surface area contributed by atoms with Crippen LogP contribution < -0.4 is 4.74 Å². The van der Waals surface area contributed by atoms with Crippen LogP contribution in [0, 0.1) is 12.3 Å². The highest BCUT2D eigenvalue weighted by atomic mass is 32.1. The molecule has 1 fully saturated rings. The van der Waals surface area contributed by atoms with E-state index >= 15 is 0 Å². The zero-order valence-corrected chi connectivity index (χ0v) is 12.8. The van der Waals surface area contributed by atoms with Gasteiger partial charge >= 0.3 is 0 Å². The number of ether oxygens (including phenoxy) is 1. The summed E-state index contributed by atoms with van der Waals surface area (Å²) in [5.74, 6) is 1.99. The summed E-state index contributed by atoms with van der Waals surface area (Å²) < 4.78 is 6.11. The number of aryl methyl sites for hydroxylation is 1. The topological polar surface area (TPSA) is 9.23 Å². The van der Waals surface area contributed by atoms with Gasteiger partial charge in [0.15, 0.2) is 0 Å². The molecule has 2 rings (SSSR count). The molecule has 0 saturated heterocycles. The fourth-order valence-corrected chi connectivity index (χ4v) is 2.53. The summed E-state index contributed by atoms with van der Waals surface area (Å²) in [6.45, 7) is 9.62. The van der Waals surface area contributed by atoms with Crippen LogP contribution in [0.2, 0.25) is 0 Å². The van der Waals surface area contributed by atoms with Crippen molar-refractivity contribution in [3.8, 4) is 5.75 Å². The summed E-state index contributed by atoms with van der Waals surface area (Å²) >= 11 is 4.43. The highest BCUT2D eigenvalue weighted by Crippen LogP contribution is 2.47. The molecule has 0 aliphatic heterocycles. The van der Waals surface area contributed by atoms with Crippen LogP contribution in [0.3, 0.4) is 0 Å². The Labute approximate surface area is 116 Å². The molecule has 1 nitrogen and oxygen atoms in total. The molecular weight excluding hydrogens is 240 g/mol. The lowest BCUT2D eigenvalue weighted by molar-refractivity contribution is 0.245. The molecule has 0 amide bonds. The van der Waals surface area contributed by atoms with E-state index in [-0.39, 0.29) is 5.41 Å². The van der Waals surface area contributed by atoms with Gasteiger partial charge < -0.3 is 4.74 Å². The van der Waals surface area contributed by atoms with Gasteiger partial charge in [-0.1, -0.05) is 32.9 Å². The molecule has 1 saturated carbocycles. The first-order valence-corrected chi connectivity index (χ1v) is 7.34. The Hall–Kier alpha value is -0.630. The predicted molar refractivity (Wildman–Crippen MR) is 80.9 cm³/mol. The summed E-state index contributed by atoms with van der Waals surface area (Å²) in [5, 5.41) is 0. The van der Waals surface area contributed by atoms with Crippen LogP contribution in [0.5, 0.6) is 5.75 Å². The number of benzene rings is 1. The van der Waals surface area contributed by atoms with E-state index in [4.69, 9.17) is 4.74 Å². The third kappa shape index (κ3) is 3.03. The fourth-order valence-electron chi connectivity index (χ4n) is 2.12. The highest BCUT2D eigenvalue weighted by Gasteiger charge is 2.42. The molecular formula is C16H24OS. The third-order valence-electron chi connectivity index (χ3n) is 3.77. The molecule has 1 aliphatic carbocycles. The van der Waals surface area contributed by atoms with Gasteiger partial charge in [0, 0.05) is 5.41 Å². The zero-order valence-electron chi connectivity index (χ0n) is 11.9. The molecule has 0 atom stereocenters. The van der Waals surface area contributed by atoms with Gasteiger partial charge in [0.25, 0.3) is 0 Å². The van der Waals surface area contributed by atoms with Gasteiger partial charge in [0.2, 0.25) is 0 Å². The van der Waals surface area contributed by atoms with Crippen molar-refractivity contribution in [3.63, 3.8) is 0 Å². The zero-order chi connectivity index (χ0) is 13.4. The lowest BCUT2D eigenvalue weighted by atomic mass is 9.86. The van der Waals surface area contributed by atoms with E-state index in [1.54, 1.807) is 0 Å². The van der Waals surface area contributed by atoms with E-state index in [1.807, 2.05) is 0 Å². The number of rotatable bonds is 4.